The van der Waals surface area contributed by atoms with Gasteiger partial charge in [-0.25, -0.2) is 0 Å². The zero-order chi connectivity index (χ0) is 19.9. The van der Waals surface area contributed by atoms with E-state index in [-0.39, 0.29) is 11.8 Å². The van der Waals surface area contributed by atoms with Crippen LogP contribution in [0.1, 0.15) is 24.0 Å². The van der Waals surface area contributed by atoms with Crippen molar-refractivity contribution in [1.29, 1.82) is 0 Å². The highest BCUT2D eigenvalue weighted by Gasteiger charge is 2.56. The van der Waals surface area contributed by atoms with Crippen molar-refractivity contribution in [2.75, 3.05) is 10.6 Å². The second kappa shape index (κ2) is 6.91. The van der Waals surface area contributed by atoms with Crippen molar-refractivity contribution >= 4 is 45.7 Å². The van der Waals surface area contributed by atoms with Gasteiger partial charge in [-0.1, -0.05) is 35.9 Å². The van der Waals surface area contributed by atoms with Crippen LogP contribution in [-0.2, 0) is 9.59 Å². The van der Waals surface area contributed by atoms with Crippen LogP contribution in [0.4, 0.5) is 11.4 Å². The highest BCUT2D eigenvalue weighted by molar-refractivity contribution is 6.34. The molecule has 2 amide bonds. The minimum absolute atomic E-state index is 0.316. The summed E-state index contributed by atoms with van der Waals surface area (Å²) >= 11 is 6.30. The SMILES string of the molecule is Cc1cc(C)c(NC(=O)C2(C(=O)Nc3cccc4cccnc34)CC2)c(Cl)c1. The fourth-order valence-corrected chi connectivity index (χ4v) is 3.80. The van der Waals surface area contributed by atoms with Crippen molar-refractivity contribution in [3.05, 3.63) is 64.8 Å². The molecule has 0 bridgehead atoms. The Labute approximate surface area is 168 Å². The predicted octanol–water partition coefficient (Wildman–Crippen LogP) is 4.86. The lowest BCUT2D eigenvalue weighted by molar-refractivity contribution is -0.131. The molecule has 0 spiro atoms. The Morgan fingerprint density at radius 2 is 1.75 bits per heavy atom. The molecular formula is C22H20ClN3O2. The molecule has 1 fully saturated rings. The monoisotopic (exact) mass is 393 g/mol. The summed E-state index contributed by atoms with van der Waals surface area (Å²) in [5.74, 6) is -0.643. The number of rotatable bonds is 4. The van der Waals surface area contributed by atoms with Crippen LogP contribution in [0, 0.1) is 19.3 Å². The first-order valence-corrected chi connectivity index (χ1v) is 9.52. The number of hydrogen-bond donors (Lipinski definition) is 2. The van der Waals surface area contributed by atoms with Gasteiger partial charge in [0.15, 0.2) is 0 Å². The third-order valence-electron chi connectivity index (χ3n) is 5.17. The third kappa shape index (κ3) is 3.22. The van der Waals surface area contributed by atoms with Crippen molar-refractivity contribution in [2.24, 2.45) is 5.41 Å². The van der Waals surface area contributed by atoms with Gasteiger partial charge in [0, 0.05) is 11.6 Å². The second-order valence-electron chi connectivity index (χ2n) is 7.31. The van der Waals surface area contributed by atoms with Gasteiger partial charge in [-0.05, 0) is 56.0 Å². The molecule has 3 aromatic rings. The molecule has 2 aromatic carbocycles. The number of para-hydroxylation sites is 1. The first kappa shape index (κ1) is 18.4. The van der Waals surface area contributed by atoms with Gasteiger partial charge in [-0.2, -0.15) is 0 Å². The van der Waals surface area contributed by atoms with Crippen LogP contribution in [0.2, 0.25) is 5.02 Å². The Morgan fingerprint density at radius 3 is 2.46 bits per heavy atom. The quantitative estimate of drug-likeness (QED) is 0.621. The Morgan fingerprint density at radius 1 is 1.04 bits per heavy atom. The molecule has 0 saturated heterocycles. The van der Waals surface area contributed by atoms with Crippen LogP contribution >= 0.6 is 11.6 Å². The summed E-state index contributed by atoms with van der Waals surface area (Å²) in [5.41, 5.74) is 2.68. The first-order chi connectivity index (χ1) is 13.4. The van der Waals surface area contributed by atoms with Crippen molar-refractivity contribution in [1.82, 2.24) is 4.98 Å². The van der Waals surface area contributed by atoms with Crippen molar-refractivity contribution in [2.45, 2.75) is 26.7 Å². The van der Waals surface area contributed by atoms with Gasteiger partial charge in [-0.3, -0.25) is 14.6 Å². The van der Waals surface area contributed by atoms with Gasteiger partial charge in [-0.15, -0.1) is 0 Å². The number of halogens is 1. The van der Waals surface area contributed by atoms with E-state index in [0.717, 1.165) is 16.5 Å². The van der Waals surface area contributed by atoms with E-state index in [9.17, 15) is 9.59 Å². The zero-order valence-electron chi connectivity index (χ0n) is 15.7. The lowest BCUT2D eigenvalue weighted by atomic mass is 10.0. The molecule has 5 nitrogen and oxygen atoms in total. The molecule has 142 valence electrons. The van der Waals surface area contributed by atoms with E-state index in [4.69, 9.17) is 11.6 Å². The standard InChI is InChI=1S/C22H20ClN3O2/c1-13-11-14(2)18(16(23)12-13)26-21(28)22(8-9-22)20(27)25-17-7-3-5-15-6-4-10-24-19(15)17/h3-7,10-12H,8-9H2,1-2H3,(H,25,27)(H,26,28). The average Bonchev–Trinajstić information content (AvgIpc) is 3.47. The summed E-state index contributed by atoms with van der Waals surface area (Å²) in [4.78, 5) is 30.2. The number of fused-ring (bicyclic) bond motifs is 1. The summed E-state index contributed by atoms with van der Waals surface area (Å²) in [6.07, 6.45) is 2.69. The van der Waals surface area contributed by atoms with E-state index < -0.39 is 5.41 Å². The number of pyridine rings is 1. The molecule has 0 atom stereocenters. The van der Waals surface area contributed by atoms with Crippen LogP contribution in [0.3, 0.4) is 0 Å². The lowest BCUT2D eigenvalue weighted by Crippen LogP contribution is -2.36. The molecule has 28 heavy (non-hydrogen) atoms. The average molecular weight is 394 g/mol. The van der Waals surface area contributed by atoms with E-state index in [1.807, 2.05) is 44.2 Å². The number of benzene rings is 2. The maximum Gasteiger partial charge on any atom is 0.240 e. The van der Waals surface area contributed by atoms with Crippen molar-refractivity contribution in [3.63, 3.8) is 0 Å². The molecule has 1 saturated carbocycles. The zero-order valence-corrected chi connectivity index (χ0v) is 16.4. The minimum atomic E-state index is -1.07. The number of nitrogens with zero attached hydrogens (tertiary/aromatic N) is 1. The van der Waals surface area contributed by atoms with Crippen LogP contribution in [-0.4, -0.2) is 16.8 Å². The number of amides is 2. The number of hydrogen-bond acceptors (Lipinski definition) is 3. The second-order valence-corrected chi connectivity index (χ2v) is 7.72. The van der Waals surface area contributed by atoms with Crippen molar-refractivity contribution < 1.29 is 9.59 Å². The highest BCUT2D eigenvalue weighted by Crippen LogP contribution is 2.48. The van der Waals surface area contributed by atoms with Crippen LogP contribution in [0.25, 0.3) is 10.9 Å². The van der Waals surface area contributed by atoms with Crippen LogP contribution in [0.5, 0.6) is 0 Å². The molecule has 0 radical (unpaired) electrons. The molecule has 6 heteroatoms. The molecule has 2 N–H and O–H groups in total. The Bertz CT molecular complexity index is 1080. The molecule has 0 unspecified atom stereocenters. The number of carbonyl (C=O) groups is 2. The van der Waals surface area contributed by atoms with Crippen LogP contribution < -0.4 is 10.6 Å². The van der Waals surface area contributed by atoms with Gasteiger partial charge in [0.05, 0.1) is 21.9 Å². The maximum atomic E-state index is 13.0. The summed E-state index contributed by atoms with van der Waals surface area (Å²) < 4.78 is 0. The molecule has 1 aliphatic carbocycles. The third-order valence-corrected chi connectivity index (χ3v) is 5.47. The Balaban J connectivity index is 1.57. The number of aryl methyl sites for hydroxylation is 2. The largest absolute Gasteiger partial charge is 0.324 e. The van der Waals surface area contributed by atoms with Gasteiger partial charge >= 0.3 is 0 Å². The minimum Gasteiger partial charge on any atom is -0.324 e. The number of nitrogens with one attached hydrogen (secondary N) is 2. The Hall–Kier alpha value is -2.92. The molecule has 0 aliphatic heterocycles. The smallest absolute Gasteiger partial charge is 0.240 e. The molecule has 4 rings (SSSR count). The molecular weight excluding hydrogens is 374 g/mol. The topological polar surface area (TPSA) is 71.1 Å². The predicted molar refractivity (Wildman–Crippen MR) is 112 cm³/mol. The molecule has 1 aromatic heterocycles. The van der Waals surface area contributed by atoms with E-state index in [2.05, 4.69) is 15.6 Å². The van der Waals surface area contributed by atoms with Gasteiger partial charge in [0.1, 0.15) is 5.41 Å². The number of anilines is 2. The van der Waals surface area contributed by atoms with E-state index >= 15 is 0 Å². The summed E-state index contributed by atoms with van der Waals surface area (Å²) in [7, 11) is 0. The van der Waals surface area contributed by atoms with Crippen molar-refractivity contribution in [3.8, 4) is 0 Å². The van der Waals surface area contributed by atoms with E-state index in [1.54, 1.807) is 18.3 Å². The van der Waals surface area contributed by atoms with Gasteiger partial charge < -0.3 is 10.6 Å². The summed E-state index contributed by atoms with van der Waals surface area (Å²) in [6.45, 7) is 3.83. The number of carbonyl (C=O) groups excluding carboxylic acids is 2. The highest BCUT2D eigenvalue weighted by atomic mass is 35.5. The summed E-state index contributed by atoms with van der Waals surface area (Å²) in [5, 5.41) is 7.16. The van der Waals surface area contributed by atoms with Gasteiger partial charge in [0.2, 0.25) is 11.8 Å². The van der Waals surface area contributed by atoms with E-state index in [1.165, 1.54) is 0 Å². The normalized spacial score (nSPS) is 14.5. The summed E-state index contributed by atoms with van der Waals surface area (Å²) in [6, 6.07) is 13.1. The lowest BCUT2D eigenvalue weighted by Gasteiger charge is -2.18. The molecule has 1 aliphatic rings. The fourth-order valence-electron chi connectivity index (χ4n) is 3.44. The van der Waals surface area contributed by atoms with E-state index in [0.29, 0.717) is 34.8 Å². The Kier molecular flexibility index (Phi) is 4.55. The van der Waals surface area contributed by atoms with Crippen LogP contribution in [0.15, 0.2) is 48.7 Å². The first-order valence-electron chi connectivity index (χ1n) is 9.14. The fraction of sp³-hybridized carbons (Fsp3) is 0.227. The van der Waals surface area contributed by atoms with Gasteiger partial charge in [0.25, 0.3) is 0 Å². The maximum absolute atomic E-state index is 13.0. The number of aromatic nitrogens is 1. The molecule has 1 heterocycles.